The highest BCUT2D eigenvalue weighted by atomic mass is 19.4. The van der Waals surface area contributed by atoms with Crippen molar-refractivity contribution in [3.8, 4) is 0 Å². The number of carboxylic acid groups (broad SMARTS) is 1. The zero-order valence-electron chi connectivity index (χ0n) is 17.4. The van der Waals surface area contributed by atoms with Gasteiger partial charge in [0.05, 0.1) is 5.56 Å². The van der Waals surface area contributed by atoms with Gasteiger partial charge in [-0.3, -0.25) is 9.69 Å². The van der Waals surface area contributed by atoms with Gasteiger partial charge in [-0.05, 0) is 80.7 Å². The van der Waals surface area contributed by atoms with E-state index in [1.165, 1.54) is 6.07 Å². The van der Waals surface area contributed by atoms with Crippen LogP contribution in [0.5, 0.6) is 0 Å². The van der Waals surface area contributed by atoms with E-state index < -0.39 is 30.4 Å². The van der Waals surface area contributed by atoms with Crippen molar-refractivity contribution < 1.29 is 33.1 Å². The third-order valence-corrected chi connectivity index (χ3v) is 6.92. The molecule has 10 heteroatoms. The number of likely N-dealkylation sites (tertiary alicyclic amines) is 1. The molecular formula is C21H30BF3N2O4. The molecule has 1 fully saturated rings. The van der Waals surface area contributed by atoms with Crippen LogP contribution in [-0.4, -0.2) is 51.8 Å². The predicted octanol–water partition coefficient (Wildman–Crippen LogP) is 2.83. The molecule has 0 amide bonds. The number of rotatable bonds is 8. The number of aryl methyl sites for hydroxylation is 1. The predicted molar refractivity (Wildman–Crippen MR) is 110 cm³/mol. The highest BCUT2D eigenvalue weighted by molar-refractivity contribution is 6.40. The van der Waals surface area contributed by atoms with Gasteiger partial charge in [0, 0.05) is 6.04 Å². The molecule has 6 nitrogen and oxygen atoms in total. The second-order valence-corrected chi connectivity index (χ2v) is 8.85. The minimum atomic E-state index is -4.35. The van der Waals surface area contributed by atoms with E-state index in [1.807, 2.05) is 0 Å². The van der Waals surface area contributed by atoms with Crippen molar-refractivity contribution in [3.63, 3.8) is 0 Å². The van der Waals surface area contributed by atoms with Crippen LogP contribution in [0.3, 0.4) is 0 Å². The number of hydrogen-bond acceptors (Lipinski definition) is 5. The van der Waals surface area contributed by atoms with Crippen LogP contribution in [0.1, 0.15) is 61.3 Å². The van der Waals surface area contributed by atoms with Crippen LogP contribution in [0.15, 0.2) is 18.2 Å². The summed E-state index contributed by atoms with van der Waals surface area (Å²) in [6, 6.07) is 4.03. The number of aliphatic carboxylic acids is 1. The first kappa shape index (κ1) is 24.0. The summed E-state index contributed by atoms with van der Waals surface area (Å²) in [5.74, 6) is -1.24. The van der Waals surface area contributed by atoms with Gasteiger partial charge in [-0.2, -0.15) is 13.2 Å². The fraction of sp³-hybridized carbons (Fsp3) is 0.667. The normalized spacial score (nSPS) is 22.2. The minimum Gasteiger partial charge on any atom is -0.480 e. The monoisotopic (exact) mass is 442 g/mol. The average Bonchev–Trinajstić information content (AvgIpc) is 3.13. The van der Waals surface area contributed by atoms with Gasteiger partial charge in [0.2, 0.25) is 0 Å². The molecule has 2 atom stereocenters. The molecule has 0 saturated carbocycles. The Morgan fingerprint density at radius 1 is 1.16 bits per heavy atom. The number of halogens is 3. The maximum atomic E-state index is 13.0. The first-order valence-electron chi connectivity index (χ1n) is 10.8. The number of unbranched alkanes of at least 4 members (excludes halogenated alkanes) is 1. The van der Waals surface area contributed by atoms with E-state index in [4.69, 9.17) is 15.8 Å². The molecule has 5 N–H and O–H groups in total. The van der Waals surface area contributed by atoms with Crippen molar-refractivity contribution in [2.75, 3.05) is 13.1 Å². The Kier molecular flexibility index (Phi) is 7.35. The van der Waals surface area contributed by atoms with Crippen molar-refractivity contribution in [1.82, 2.24) is 4.90 Å². The van der Waals surface area contributed by atoms with Crippen LogP contribution < -0.4 is 5.73 Å². The Morgan fingerprint density at radius 3 is 2.42 bits per heavy atom. The van der Waals surface area contributed by atoms with Crippen molar-refractivity contribution in [2.45, 2.75) is 69.0 Å². The number of piperidine rings is 1. The van der Waals surface area contributed by atoms with Crippen LogP contribution >= 0.6 is 0 Å². The largest absolute Gasteiger partial charge is 0.480 e. The smallest absolute Gasteiger partial charge is 0.451 e. The number of benzene rings is 1. The number of carbonyl (C=O) groups is 1. The molecule has 2 aliphatic rings. The Labute approximate surface area is 180 Å². The molecule has 0 bridgehead atoms. The number of fused-ring (bicyclic) bond motifs is 1. The third kappa shape index (κ3) is 5.42. The van der Waals surface area contributed by atoms with Crippen molar-refractivity contribution in [2.24, 2.45) is 11.7 Å². The van der Waals surface area contributed by atoms with E-state index in [9.17, 15) is 23.1 Å². The third-order valence-electron chi connectivity index (χ3n) is 6.92. The van der Waals surface area contributed by atoms with Crippen LogP contribution in [0, 0.1) is 5.92 Å². The van der Waals surface area contributed by atoms with Crippen molar-refractivity contribution in [1.29, 1.82) is 0 Å². The van der Waals surface area contributed by atoms with E-state index in [0.717, 1.165) is 23.6 Å². The lowest BCUT2D eigenvalue weighted by molar-refractivity contribution is -0.147. The van der Waals surface area contributed by atoms with Gasteiger partial charge in [0.1, 0.15) is 5.54 Å². The Balaban J connectivity index is 1.61. The number of alkyl halides is 3. The maximum absolute atomic E-state index is 13.0. The summed E-state index contributed by atoms with van der Waals surface area (Å²) in [6.07, 6.45) is -0.316. The zero-order valence-corrected chi connectivity index (χ0v) is 17.4. The Hall–Kier alpha value is -1.62. The minimum absolute atomic E-state index is 0.0567. The Bertz CT molecular complexity index is 784. The number of nitrogens with zero attached hydrogens (tertiary/aromatic N) is 1. The second-order valence-electron chi connectivity index (χ2n) is 8.85. The maximum Gasteiger partial charge on any atom is 0.451 e. The molecule has 1 aromatic rings. The highest BCUT2D eigenvalue weighted by Gasteiger charge is 2.44. The SMILES string of the molecule is N[C@](CCCCB(O)O)(C(=O)O)C1CCN(C2CCc3cc(C(F)(F)F)ccc32)CC1. The summed E-state index contributed by atoms with van der Waals surface area (Å²) >= 11 is 0. The highest BCUT2D eigenvalue weighted by Crippen LogP contribution is 2.42. The summed E-state index contributed by atoms with van der Waals surface area (Å²) < 4.78 is 39.0. The molecule has 31 heavy (non-hydrogen) atoms. The van der Waals surface area contributed by atoms with E-state index >= 15 is 0 Å². The lowest BCUT2D eigenvalue weighted by Crippen LogP contribution is -2.57. The van der Waals surface area contributed by atoms with Crippen LogP contribution in [-0.2, 0) is 17.4 Å². The number of carboxylic acids is 1. The van der Waals surface area contributed by atoms with Gasteiger partial charge < -0.3 is 20.9 Å². The molecule has 3 rings (SSSR count). The first-order chi connectivity index (χ1) is 14.5. The van der Waals surface area contributed by atoms with Gasteiger partial charge in [-0.15, -0.1) is 0 Å². The van der Waals surface area contributed by atoms with E-state index in [1.54, 1.807) is 6.07 Å². The topological polar surface area (TPSA) is 107 Å². The van der Waals surface area contributed by atoms with Gasteiger partial charge >= 0.3 is 19.3 Å². The molecular weight excluding hydrogens is 412 g/mol. The molecule has 172 valence electrons. The fourth-order valence-electron chi connectivity index (χ4n) is 5.11. The lowest BCUT2D eigenvalue weighted by atomic mass is 9.74. The van der Waals surface area contributed by atoms with Crippen molar-refractivity contribution in [3.05, 3.63) is 34.9 Å². The van der Waals surface area contributed by atoms with E-state index in [2.05, 4.69) is 4.90 Å². The molecule has 1 aromatic carbocycles. The second kappa shape index (κ2) is 9.48. The fourth-order valence-corrected chi connectivity index (χ4v) is 5.11. The van der Waals surface area contributed by atoms with Crippen LogP contribution in [0.25, 0.3) is 0 Å². The molecule has 1 aliphatic carbocycles. The number of hydrogen-bond donors (Lipinski definition) is 4. The summed E-state index contributed by atoms with van der Waals surface area (Å²) in [4.78, 5) is 14.2. The Morgan fingerprint density at radius 2 is 1.84 bits per heavy atom. The molecule has 1 heterocycles. The van der Waals surface area contributed by atoms with Crippen LogP contribution in [0.2, 0.25) is 6.32 Å². The van der Waals surface area contributed by atoms with Crippen molar-refractivity contribution >= 4 is 13.1 Å². The number of nitrogens with two attached hydrogens (primary N) is 1. The van der Waals surface area contributed by atoms with Gasteiger partial charge in [0.25, 0.3) is 0 Å². The molecule has 0 radical (unpaired) electrons. The lowest BCUT2D eigenvalue weighted by Gasteiger charge is -2.42. The van der Waals surface area contributed by atoms with Gasteiger partial charge in [0.15, 0.2) is 0 Å². The zero-order chi connectivity index (χ0) is 22.8. The van der Waals surface area contributed by atoms with Gasteiger partial charge in [-0.1, -0.05) is 18.9 Å². The summed E-state index contributed by atoms with van der Waals surface area (Å²) in [7, 11) is -1.40. The summed E-state index contributed by atoms with van der Waals surface area (Å²) in [6.45, 7) is 1.30. The molecule has 0 aromatic heterocycles. The van der Waals surface area contributed by atoms with Gasteiger partial charge in [-0.25, -0.2) is 0 Å². The van der Waals surface area contributed by atoms with Crippen LogP contribution in [0.4, 0.5) is 13.2 Å². The summed E-state index contributed by atoms with van der Waals surface area (Å²) in [5, 5.41) is 27.7. The van der Waals surface area contributed by atoms with E-state index in [0.29, 0.717) is 45.2 Å². The average molecular weight is 442 g/mol. The molecule has 1 unspecified atom stereocenters. The first-order valence-corrected chi connectivity index (χ1v) is 10.8. The molecule has 1 saturated heterocycles. The van der Waals surface area contributed by atoms with E-state index in [-0.39, 0.29) is 24.7 Å². The summed E-state index contributed by atoms with van der Waals surface area (Å²) in [5.41, 5.74) is 6.02. The molecule has 1 aliphatic heterocycles. The molecule has 0 spiro atoms. The quantitative estimate of drug-likeness (QED) is 0.365. The standard InChI is InChI=1S/C21H30BF3N2O4/c23-21(24,25)16-4-5-17-14(13-16)3-6-18(17)27-11-7-15(8-12-27)20(26,19(28)29)9-1-2-10-22(30)31/h4-5,13,15,18,30-31H,1-3,6-12,26H2,(H,28,29)/t18?,20-/m0/s1.